The van der Waals surface area contributed by atoms with Crippen molar-refractivity contribution in [3.05, 3.63) is 5.69 Å². The third-order valence-electron chi connectivity index (χ3n) is 0.840. The van der Waals surface area contributed by atoms with Crippen LogP contribution in [0.4, 0.5) is 5.82 Å². The first-order chi connectivity index (χ1) is 5.70. The molecule has 0 spiro atoms. The molecular formula is C5H5N4O3. The molecule has 0 aromatic carbocycles. The lowest BCUT2D eigenvalue weighted by Gasteiger charge is -1.85. The molecule has 1 aromatic heterocycles. The first-order valence-electron chi connectivity index (χ1n) is 2.92. The van der Waals surface area contributed by atoms with Crippen molar-refractivity contribution >= 4 is 18.0 Å². The van der Waals surface area contributed by atoms with Gasteiger partial charge in [-0.2, -0.15) is 0 Å². The molecule has 0 fully saturated rings. The highest BCUT2D eigenvalue weighted by molar-refractivity contribution is 5.82. The summed E-state index contributed by atoms with van der Waals surface area (Å²) >= 11 is 0. The number of nitrogens with zero attached hydrogens (tertiary/aromatic N) is 3. The van der Waals surface area contributed by atoms with Gasteiger partial charge in [-0.25, -0.2) is 9.42 Å². The summed E-state index contributed by atoms with van der Waals surface area (Å²) in [4.78, 5) is 14.4. The molecule has 2 N–H and O–H groups in total. The SMILES string of the molecule is CC(=O)O/N=[C]/c1nonc1N. The maximum atomic E-state index is 10.2. The van der Waals surface area contributed by atoms with Crippen LogP contribution in [0.25, 0.3) is 0 Å². The average molecular weight is 169 g/mol. The van der Waals surface area contributed by atoms with E-state index in [0.717, 1.165) is 0 Å². The fraction of sp³-hybridized carbons (Fsp3) is 0.200. The van der Waals surface area contributed by atoms with Crippen LogP contribution >= 0.6 is 0 Å². The molecular weight excluding hydrogens is 164 g/mol. The number of anilines is 1. The van der Waals surface area contributed by atoms with E-state index in [4.69, 9.17) is 5.73 Å². The molecule has 12 heavy (non-hydrogen) atoms. The van der Waals surface area contributed by atoms with Gasteiger partial charge in [-0.3, -0.25) is 0 Å². The van der Waals surface area contributed by atoms with E-state index in [0.29, 0.717) is 0 Å². The summed E-state index contributed by atoms with van der Waals surface area (Å²) in [6.07, 6.45) is 2.21. The Bertz CT molecular complexity index is 305. The minimum atomic E-state index is -0.558. The predicted molar refractivity (Wildman–Crippen MR) is 37.0 cm³/mol. The van der Waals surface area contributed by atoms with Gasteiger partial charge in [0.15, 0.2) is 17.7 Å². The van der Waals surface area contributed by atoms with Crippen molar-refractivity contribution in [2.24, 2.45) is 5.16 Å². The fourth-order valence-electron chi connectivity index (χ4n) is 0.403. The number of aromatic nitrogens is 2. The lowest BCUT2D eigenvalue weighted by Crippen LogP contribution is -1.94. The fourth-order valence-corrected chi connectivity index (χ4v) is 0.403. The number of nitrogen functional groups attached to an aromatic ring is 1. The van der Waals surface area contributed by atoms with E-state index >= 15 is 0 Å². The quantitative estimate of drug-likeness (QED) is 0.361. The van der Waals surface area contributed by atoms with Gasteiger partial charge in [0.05, 0.1) is 0 Å². The summed E-state index contributed by atoms with van der Waals surface area (Å²) in [6.45, 7) is 1.20. The second-order valence-electron chi connectivity index (χ2n) is 1.78. The second kappa shape index (κ2) is 3.46. The molecule has 0 saturated heterocycles. The first-order valence-corrected chi connectivity index (χ1v) is 2.92. The van der Waals surface area contributed by atoms with Crippen LogP contribution in [0.5, 0.6) is 0 Å². The molecule has 0 amide bonds. The van der Waals surface area contributed by atoms with Crippen LogP contribution in [0, 0.1) is 0 Å². The van der Waals surface area contributed by atoms with Crippen molar-refractivity contribution in [2.75, 3.05) is 5.73 Å². The Hall–Kier alpha value is -1.92. The summed E-state index contributed by atoms with van der Waals surface area (Å²) in [5, 5.41) is 9.68. The highest BCUT2D eigenvalue weighted by Crippen LogP contribution is 1.99. The van der Waals surface area contributed by atoms with Gasteiger partial charge in [0.2, 0.25) is 0 Å². The van der Waals surface area contributed by atoms with Crippen LogP contribution in [-0.4, -0.2) is 22.5 Å². The van der Waals surface area contributed by atoms with E-state index < -0.39 is 5.97 Å². The zero-order chi connectivity index (χ0) is 8.97. The Labute approximate surface area is 67.1 Å². The van der Waals surface area contributed by atoms with Gasteiger partial charge in [-0.05, 0) is 10.3 Å². The van der Waals surface area contributed by atoms with Crippen molar-refractivity contribution < 1.29 is 14.3 Å². The van der Waals surface area contributed by atoms with Crippen molar-refractivity contribution in [1.29, 1.82) is 0 Å². The molecule has 0 aliphatic carbocycles. The average Bonchev–Trinajstić information content (AvgIpc) is 2.36. The molecule has 7 heteroatoms. The molecule has 63 valence electrons. The monoisotopic (exact) mass is 169 g/mol. The number of nitrogens with two attached hydrogens (primary N) is 1. The van der Waals surface area contributed by atoms with Gasteiger partial charge >= 0.3 is 5.97 Å². The highest BCUT2D eigenvalue weighted by Gasteiger charge is 2.02. The Morgan fingerprint density at radius 1 is 1.75 bits per heavy atom. The summed E-state index contributed by atoms with van der Waals surface area (Å²) in [5.41, 5.74) is 5.32. The predicted octanol–water partition coefficient (Wildman–Crippen LogP) is -0.574. The molecule has 0 aliphatic rings. The molecule has 0 atom stereocenters. The Morgan fingerprint density at radius 2 is 2.50 bits per heavy atom. The van der Waals surface area contributed by atoms with Crippen molar-refractivity contribution in [2.45, 2.75) is 6.92 Å². The van der Waals surface area contributed by atoms with Gasteiger partial charge in [0.1, 0.15) is 0 Å². The molecule has 0 aliphatic heterocycles. The third-order valence-corrected chi connectivity index (χ3v) is 0.840. The number of carbonyl (C=O) groups excluding carboxylic acids is 1. The van der Waals surface area contributed by atoms with Gasteiger partial charge in [-0.1, -0.05) is 5.16 Å². The van der Waals surface area contributed by atoms with E-state index in [1.807, 2.05) is 0 Å². The van der Waals surface area contributed by atoms with E-state index in [9.17, 15) is 4.79 Å². The highest BCUT2D eigenvalue weighted by atomic mass is 16.7. The van der Waals surface area contributed by atoms with Gasteiger partial charge in [0.25, 0.3) is 0 Å². The topological polar surface area (TPSA) is 104 Å². The molecule has 0 unspecified atom stereocenters. The third kappa shape index (κ3) is 2.04. The van der Waals surface area contributed by atoms with E-state index in [1.54, 1.807) is 0 Å². The largest absolute Gasteiger partial charge is 0.379 e. The Morgan fingerprint density at radius 3 is 3.00 bits per heavy atom. The van der Waals surface area contributed by atoms with E-state index in [2.05, 4.69) is 31.2 Å². The van der Waals surface area contributed by atoms with Gasteiger partial charge < -0.3 is 10.6 Å². The number of hydrogen-bond acceptors (Lipinski definition) is 7. The molecule has 0 bridgehead atoms. The van der Waals surface area contributed by atoms with Crippen LogP contribution in [0.15, 0.2) is 9.78 Å². The van der Waals surface area contributed by atoms with Gasteiger partial charge in [-0.15, -0.1) is 0 Å². The Balaban J connectivity index is 2.57. The number of rotatable bonds is 2. The van der Waals surface area contributed by atoms with Crippen molar-refractivity contribution in [3.63, 3.8) is 0 Å². The van der Waals surface area contributed by atoms with Gasteiger partial charge in [0, 0.05) is 6.92 Å². The second-order valence-corrected chi connectivity index (χ2v) is 1.78. The molecule has 1 heterocycles. The first kappa shape index (κ1) is 8.18. The van der Waals surface area contributed by atoms with Crippen LogP contribution in [0.2, 0.25) is 0 Å². The smallest absolute Gasteiger partial charge is 0.332 e. The molecule has 0 saturated carbocycles. The van der Waals surface area contributed by atoms with Crippen LogP contribution in [0.3, 0.4) is 0 Å². The lowest BCUT2D eigenvalue weighted by atomic mass is 10.5. The minimum absolute atomic E-state index is 0.0332. The molecule has 1 rings (SSSR count). The van der Waals surface area contributed by atoms with Crippen molar-refractivity contribution in [3.8, 4) is 0 Å². The molecule has 1 radical (unpaired) electrons. The molecule has 7 nitrogen and oxygen atoms in total. The number of hydrogen-bond donors (Lipinski definition) is 1. The lowest BCUT2D eigenvalue weighted by molar-refractivity contribution is -0.140. The standard InChI is InChI=1S/C5H5N4O3/c1-3(10)11-7-2-4-5(6)9-12-8-4/h1H3,(H2,6,9). The zero-order valence-corrected chi connectivity index (χ0v) is 6.14. The summed E-state index contributed by atoms with van der Waals surface area (Å²) in [6, 6.07) is 0. The summed E-state index contributed by atoms with van der Waals surface area (Å²) in [7, 11) is 0. The number of carbonyl (C=O) groups is 1. The van der Waals surface area contributed by atoms with E-state index in [-0.39, 0.29) is 11.5 Å². The van der Waals surface area contributed by atoms with Crippen LogP contribution in [-0.2, 0) is 9.63 Å². The Kier molecular flexibility index (Phi) is 2.36. The maximum Gasteiger partial charge on any atom is 0.332 e. The van der Waals surface area contributed by atoms with Crippen LogP contribution in [0.1, 0.15) is 12.6 Å². The minimum Gasteiger partial charge on any atom is -0.379 e. The van der Waals surface area contributed by atoms with E-state index in [1.165, 1.54) is 6.92 Å². The van der Waals surface area contributed by atoms with Crippen LogP contribution < -0.4 is 5.73 Å². The zero-order valence-electron chi connectivity index (χ0n) is 6.14. The maximum absolute atomic E-state index is 10.2. The molecule has 1 aromatic rings. The van der Waals surface area contributed by atoms with Crippen molar-refractivity contribution in [1.82, 2.24) is 10.3 Å². The summed E-state index contributed by atoms with van der Waals surface area (Å²) < 4.78 is 4.21. The normalized spacial score (nSPS) is 10.4. The summed E-state index contributed by atoms with van der Waals surface area (Å²) in [5.74, 6) is -0.525.